The summed E-state index contributed by atoms with van der Waals surface area (Å²) in [7, 11) is -1.18. The molecule has 0 saturated carbocycles. The van der Waals surface area contributed by atoms with Gasteiger partial charge in [0.25, 0.3) is 0 Å². The molecule has 0 fully saturated rings. The van der Waals surface area contributed by atoms with Crippen LogP contribution in [0.15, 0.2) is 23.8 Å². The zero-order chi connectivity index (χ0) is 11.2. The molecule has 0 saturated heterocycles. The predicted octanol–water partition coefficient (Wildman–Crippen LogP) is -2.76. The minimum Gasteiger partial charge on any atom is -1.00 e. The average Bonchev–Trinajstić information content (AvgIpc) is 2.41. The zero-order valence-corrected chi connectivity index (χ0v) is 15.6. The van der Waals surface area contributed by atoms with Gasteiger partial charge >= 0.3 is 109 Å². The zero-order valence-electron chi connectivity index (χ0n) is 10.6. The largest absolute Gasteiger partial charge is 1.00 e. The van der Waals surface area contributed by atoms with E-state index >= 15 is 0 Å². The van der Waals surface area contributed by atoms with Crippen molar-refractivity contribution in [1.82, 2.24) is 0 Å². The molecule has 0 heterocycles. The first-order valence-electron chi connectivity index (χ1n) is 5.44. The van der Waals surface area contributed by atoms with E-state index in [1.165, 1.54) is 0 Å². The number of benzene rings is 1. The summed E-state index contributed by atoms with van der Waals surface area (Å²) in [6.45, 7) is 9.57. The number of rotatable bonds is 1. The van der Waals surface area contributed by atoms with Crippen LogP contribution in [0.4, 0.5) is 0 Å². The van der Waals surface area contributed by atoms with Crippen molar-refractivity contribution in [2.24, 2.45) is 0 Å². The van der Waals surface area contributed by atoms with Crippen molar-refractivity contribution < 1.29 is 49.5 Å². The normalized spacial score (nSPS) is 17.8. The van der Waals surface area contributed by atoms with Crippen molar-refractivity contribution >= 4 is 19.3 Å². The van der Waals surface area contributed by atoms with Crippen LogP contribution in [-0.4, -0.2) is 8.07 Å². The number of halogens is 2. The van der Waals surface area contributed by atoms with Gasteiger partial charge in [0.2, 0.25) is 0 Å². The summed E-state index contributed by atoms with van der Waals surface area (Å²) in [5.41, 5.74) is 4.68. The van der Waals surface area contributed by atoms with Gasteiger partial charge in [-0.1, -0.05) is 0 Å². The van der Waals surface area contributed by atoms with Gasteiger partial charge in [0, 0.05) is 0 Å². The quantitative estimate of drug-likeness (QED) is 0.475. The third-order valence-corrected chi connectivity index (χ3v) is 7.02. The van der Waals surface area contributed by atoms with E-state index in [-0.39, 0.29) is 24.8 Å². The van der Waals surface area contributed by atoms with E-state index in [4.69, 9.17) is 0 Å². The Bertz CT molecular complexity index is 436. The monoisotopic (exact) mass is 361 g/mol. The Labute approximate surface area is 133 Å². The van der Waals surface area contributed by atoms with E-state index in [0.29, 0.717) is 3.63 Å². The van der Waals surface area contributed by atoms with Crippen LogP contribution in [0.25, 0.3) is 6.08 Å². The molecule has 1 aliphatic carbocycles. The molecular formula is C13H17Cl2SiZr. The number of hydrogen-bond acceptors (Lipinski definition) is 0. The fourth-order valence-corrected chi connectivity index (χ4v) is 4.65. The Morgan fingerprint density at radius 1 is 1.12 bits per heavy atom. The number of allylic oxidation sites excluding steroid dienone is 1. The molecule has 1 aromatic carbocycles. The van der Waals surface area contributed by atoms with Gasteiger partial charge in [-0.15, -0.1) is 0 Å². The predicted molar refractivity (Wildman–Crippen MR) is 65.8 cm³/mol. The molecule has 1 aromatic rings. The van der Waals surface area contributed by atoms with Crippen LogP contribution >= 0.6 is 0 Å². The molecule has 0 amide bonds. The van der Waals surface area contributed by atoms with E-state index in [0.717, 1.165) is 0 Å². The molecule has 0 spiro atoms. The molecule has 2 rings (SSSR count). The SMILES string of the molecule is CC1=Cc2c(cccc2[Si](C)(C)C)[CH]1[Zr+2].[Cl-].[Cl-]. The molecule has 0 aliphatic heterocycles. The topological polar surface area (TPSA) is 0 Å². The summed E-state index contributed by atoms with van der Waals surface area (Å²) in [6.07, 6.45) is 2.42. The molecule has 1 atom stereocenters. The summed E-state index contributed by atoms with van der Waals surface area (Å²) in [5.74, 6) is 0. The maximum Gasteiger partial charge on any atom is -1.00 e. The van der Waals surface area contributed by atoms with Crippen LogP contribution in [0.1, 0.15) is 21.7 Å². The van der Waals surface area contributed by atoms with E-state index in [1.54, 1.807) is 46.6 Å². The van der Waals surface area contributed by atoms with Crippen molar-refractivity contribution in [3.05, 3.63) is 34.9 Å². The fraction of sp³-hybridized carbons (Fsp3) is 0.385. The van der Waals surface area contributed by atoms with Crippen LogP contribution in [0.2, 0.25) is 19.6 Å². The molecule has 0 bridgehead atoms. The molecule has 91 valence electrons. The standard InChI is InChI=1S/C13H17Si.2ClH.Zr/c1-10-8-11-6-5-7-13(12(11)9-10)14(2,3)4;;;/h5-9H,1-4H3;2*1H;/q;;;+2/p-2. The van der Waals surface area contributed by atoms with Gasteiger partial charge < -0.3 is 24.8 Å². The molecule has 0 radical (unpaired) electrons. The summed E-state index contributed by atoms with van der Waals surface area (Å²) >= 11 is 1.62. The first kappa shape index (κ1) is 17.6. The Morgan fingerprint density at radius 3 is 2.24 bits per heavy atom. The second kappa shape index (κ2) is 6.19. The molecule has 4 heteroatoms. The summed E-state index contributed by atoms with van der Waals surface area (Å²) in [5, 5.41) is 1.63. The van der Waals surface area contributed by atoms with E-state index < -0.39 is 8.07 Å². The third-order valence-electron chi connectivity index (χ3n) is 3.09. The molecule has 1 aliphatic rings. The fourth-order valence-electron chi connectivity index (χ4n) is 2.21. The maximum absolute atomic E-state index is 2.43. The molecule has 1 unspecified atom stereocenters. The van der Waals surface area contributed by atoms with Crippen LogP contribution in [0.5, 0.6) is 0 Å². The molecular weight excluding hydrogens is 346 g/mol. The summed E-state index contributed by atoms with van der Waals surface area (Å²) in [6, 6.07) is 6.89. The molecule has 17 heavy (non-hydrogen) atoms. The van der Waals surface area contributed by atoms with Crippen LogP contribution in [-0.2, 0) is 24.7 Å². The maximum atomic E-state index is 2.43. The molecule has 0 nitrogen and oxygen atoms in total. The van der Waals surface area contributed by atoms with Gasteiger partial charge in [0.1, 0.15) is 0 Å². The summed E-state index contributed by atoms with van der Waals surface area (Å²) in [4.78, 5) is 0. The van der Waals surface area contributed by atoms with Gasteiger partial charge in [-0.3, -0.25) is 0 Å². The second-order valence-electron chi connectivity index (χ2n) is 5.38. The van der Waals surface area contributed by atoms with Crippen molar-refractivity contribution in [1.29, 1.82) is 0 Å². The van der Waals surface area contributed by atoms with Crippen molar-refractivity contribution in [2.45, 2.75) is 30.2 Å². The van der Waals surface area contributed by atoms with E-state index in [9.17, 15) is 0 Å². The Balaban J connectivity index is 0.00000128. The first-order valence-corrected chi connectivity index (χ1v) is 10.4. The number of hydrogen-bond donors (Lipinski definition) is 0. The smallest absolute Gasteiger partial charge is 1.00 e. The van der Waals surface area contributed by atoms with Gasteiger partial charge in [-0.2, -0.15) is 0 Å². The average molecular weight is 363 g/mol. The minimum atomic E-state index is -1.18. The van der Waals surface area contributed by atoms with Gasteiger partial charge in [-0.05, 0) is 0 Å². The van der Waals surface area contributed by atoms with Crippen molar-refractivity contribution in [3.8, 4) is 0 Å². The Hall–Kier alpha value is 0.640. The van der Waals surface area contributed by atoms with Gasteiger partial charge in [-0.25, -0.2) is 0 Å². The van der Waals surface area contributed by atoms with E-state index in [2.05, 4.69) is 50.8 Å². The number of fused-ring (bicyclic) bond motifs is 1. The first-order chi connectivity index (χ1) is 6.91. The Kier molecular flexibility index (Phi) is 6.42. The molecule has 0 N–H and O–H groups in total. The van der Waals surface area contributed by atoms with Crippen LogP contribution in [0, 0.1) is 0 Å². The van der Waals surface area contributed by atoms with Crippen molar-refractivity contribution in [3.63, 3.8) is 0 Å². The summed E-state index contributed by atoms with van der Waals surface area (Å²) < 4.78 is 0.712. The minimum absolute atomic E-state index is 0. The second-order valence-corrected chi connectivity index (χ2v) is 11.8. The van der Waals surface area contributed by atoms with Gasteiger partial charge in [0.15, 0.2) is 0 Å². The van der Waals surface area contributed by atoms with Crippen LogP contribution < -0.4 is 30.0 Å². The third kappa shape index (κ3) is 3.35. The van der Waals surface area contributed by atoms with Crippen molar-refractivity contribution in [2.75, 3.05) is 0 Å². The van der Waals surface area contributed by atoms with Crippen LogP contribution in [0.3, 0.4) is 0 Å². The van der Waals surface area contributed by atoms with Gasteiger partial charge in [0.05, 0.1) is 0 Å². The Morgan fingerprint density at radius 2 is 1.71 bits per heavy atom. The molecule has 0 aromatic heterocycles. The van der Waals surface area contributed by atoms with E-state index in [1.807, 2.05) is 0 Å².